The lowest BCUT2D eigenvalue weighted by molar-refractivity contribution is 0.670. The SMILES string of the molecule is c1ccc(-n2c3ccccc3c3c2c(-c2ccc(-c4cccc5c4oc4ccccc45)cc2)cc2c4ccccc4n(-c4ccccc4)c23)cc1.c1ccc(-n2c3ccccc3c3c2c(-c2ccc(-c4cccc5c4sc4ccccc45)cc2)cc2c4ccccc4n(-c4ccccc4)c23)cc1. The molecule has 0 saturated heterocycles. The molecule has 0 bridgehead atoms. The van der Waals surface area contributed by atoms with Crippen LogP contribution in [0.1, 0.15) is 0 Å². The standard InChI is InChI=1S/C48H30N2O.C48H30N2S/c2*1-3-14-33(15-4-1)49-42-23-10-7-18-36(42)41-30-40(46-45(47(41)49)39-20-8-11-24-43(39)50(46)34-16-5-2-6-17-34)32-28-26-31(27-29-32)35-21-13-22-38-37-19-9-12-25-44(37)51-48(35)38/h2*1-30H. The minimum Gasteiger partial charge on any atom is -0.455 e. The monoisotopic (exact) mass is 1320 g/mol. The predicted molar refractivity (Wildman–Crippen MR) is 432 cm³/mol. The summed E-state index contributed by atoms with van der Waals surface area (Å²) in [6.07, 6.45) is 0. The minimum absolute atomic E-state index is 0.913. The molecule has 0 aliphatic carbocycles. The van der Waals surface area contributed by atoms with Gasteiger partial charge in [0.15, 0.2) is 0 Å². The van der Waals surface area contributed by atoms with E-state index in [2.05, 4.69) is 370 Å². The van der Waals surface area contributed by atoms with E-state index in [4.69, 9.17) is 4.42 Å². The Bertz CT molecular complexity index is 6650. The number of aromatic nitrogens is 4. The van der Waals surface area contributed by atoms with Crippen molar-refractivity contribution in [2.75, 3.05) is 0 Å². The van der Waals surface area contributed by atoms with Crippen molar-refractivity contribution >= 4 is 141 Å². The van der Waals surface area contributed by atoms with Crippen molar-refractivity contribution in [1.82, 2.24) is 18.3 Å². The smallest absolute Gasteiger partial charge is 0.143 e. The van der Waals surface area contributed by atoms with Crippen LogP contribution in [0.5, 0.6) is 0 Å². The van der Waals surface area contributed by atoms with E-state index in [9.17, 15) is 0 Å². The molecule has 22 aromatic rings. The van der Waals surface area contributed by atoms with Gasteiger partial charge in [0, 0.05) is 113 Å². The van der Waals surface area contributed by atoms with Crippen molar-refractivity contribution in [1.29, 1.82) is 0 Å². The average molecular weight is 1320 g/mol. The van der Waals surface area contributed by atoms with Crippen LogP contribution < -0.4 is 0 Å². The third-order valence-corrected chi connectivity index (χ3v) is 22.2. The number of thiophene rings is 1. The summed E-state index contributed by atoms with van der Waals surface area (Å²) < 4.78 is 18.9. The van der Waals surface area contributed by atoms with Crippen molar-refractivity contribution in [2.45, 2.75) is 0 Å². The molecule has 22 rings (SSSR count). The molecule has 6 aromatic heterocycles. The number of hydrogen-bond acceptors (Lipinski definition) is 2. The van der Waals surface area contributed by atoms with Crippen LogP contribution in [0.15, 0.2) is 368 Å². The van der Waals surface area contributed by atoms with E-state index in [-0.39, 0.29) is 0 Å². The van der Waals surface area contributed by atoms with Crippen LogP contribution in [-0.2, 0) is 0 Å². The topological polar surface area (TPSA) is 32.9 Å². The number of rotatable bonds is 8. The number of fused-ring (bicyclic) bond motifs is 20. The summed E-state index contributed by atoms with van der Waals surface area (Å²) in [5, 5.41) is 14.9. The summed E-state index contributed by atoms with van der Waals surface area (Å²) in [5.74, 6) is 0. The van der Waals surface area contributed by atoms with E-state index in [0.29, 0.717) is 0 Å². The average Bonchev–Trinajstić information content (AvgIpc) is 1.54. The molecule has 102 heavy (non-hydrogen) atoms. The van der Waals surface area contributed by atoms with Crippen LogP contribution >= 0.6 is 11.3 Å². The van der Waals surface area contributed by atoms with Crippen molar-refractivity contribution in [3.63, 3.8) is 0 Å². The molecule has 0 atom stereocenters. The fourth-order valence-corrected chi connectivity index (χ4v) is 17.9. The second kappa shape index (κ2) is 23.2. The van der Waals surface area contributed by atoms with E-state index >= 15 is 0 Å². The fourth-order valence-electron chi connectivity index (χ4n) is 16.6. The van der Waals surface area contributed by atoms with Crippen molar-refractivity contribution in [2.24, 2.45) is 0 Å². The van der Waals surface area contributed by atoms with Gasteiger partial charge in [-0.05, 0) is 125 Å². The zero-order chi connectivity index (χ0) is 66.9. The molecule has 0 saturated carbocycles. The molecule has 5 nitrogen and oxygen atoms in total. The maximum Gasteiger partial charge on any atom is 0.143 e. The van der Waals surface area contributed by atoms with Gasteiger partial charge >= 0.3 is 0 Å². The molecule has 0 spiro atoms. The number of benzene rings is 16. The van der Waals surface area contributed by atoms with Crippen molar-refractivity contribution < 1.29 is 4.42 Å². The molecule has 16 aromatic carbocycles. The van der Waals surface area contributed by atoms with Gasteiger partial charge in [-0.25, -0.2) is 0 Å². The first-order chi connectivity index (χ1) is 50.7. The Morgan fingerprint density at radius 3 is 1.02 bits per heavy atom. The van der Waals surface area contributed by atoms with Gasteiger partial charge in [-0.3, -0.25) is 0 Å². The highest BCUT2D eigenvalue weighted by molar-refractivity contribution is 7.26. The Hall–Kier alpha value is -13.3. The highest BCUT2D eigenvalue weighted by Crippen LogP contribution is 2.50. The van der Waals surface area contributed by atoms with Gasteiger partial charge in [-0.2, -0.15) is 0 Å². The molecular weight excluding hydrogens is 1260 g/mol. The summed E-state index contributed by atoms with van der Waals surface area (Å²) in [7, 11) is 0. The summed E-state index contributed by atoms with van der Waals surface area (Å²) in [6.45, 7) is 0. The first-order valence-corrected chi connectivity index (χ1v) is 35.7. The summed E-state index contributed by atoms with van der Waals surface area (Å²) in [4.78, 5) is 0. The zero-order valence-corrected chi connectivity index (χ0v) is 56.1. The fraction of sp³-hybridized carbons (Fsp3) is 0. The summed E-state index contributed by atoms with van der Waals surface area (Å²) >= 11 is 1.88. The highest BCUT2D eigenvalue weighted by Gasteiger charge is 2.27. The van der Waals surface area contributed by atoms with E-state index < -0.39 is 0 Å². The Morgan fingerprint density at radius 2 is 0.549 bits per heavy atom. The van der Waals surface area contributed by atoms with Gasteiger partial charge in [-0.15, -0.1) is 11.3 Å². The van der Waals surface area contributed by atoms with Gasteiger partial charge in [0.05, 0.1) is 44.1 Å². The third-order valence-electron chi connectivity index (χ3n) is 21.0. The number of para-hydroxylation sites is 10. The van der Waals surface area contributed by atoms with Gasteiger partial charge in [0.25, 0.3) is 0 Å². The zero-order valence-electron chi connectivity index (χ0n) is 55.2. The second-order valence-corrected chi connectivity index (χ2v) is 27.6. The van der Waals surface area contributed by atoms with Gasteiger partial charge in [0.2, 0.25) is 0 Å². The molecule has 0 N–H and O–H groups in total. The van der Waals surface area contributed by atoms with E-state index in [1.54, 1.807) is 0 Å². The molecule has 476 valence electrons. The molecule has 0 amide bonds. The number of nitrogens with zero attached hydrogens (tertiary/aromatic N) is 4. The van der Waals surface area contributed by atoms with Crippen LogP contribution in [0.4, 0.5) is 0 Å². The molecule has 6 heterocycles. The Morgan fingerprint density at radius 1 is 0.216 bits per heavy atom. The van der Waals surface area contributed by atoms with E-state index in [1.165, 1.54) is 141 Å². The Kier molecular flexibility index (Phi) is 13.1. The molecular formula is C96H60N4OS. The lowest BCUT2D eigenvalue weighted by Gasteiger charge is -2.14. The third kappa shape index (κ3) is 8.83. The second-order valence-electron chi connectivity index (χ2n) is 26.6. The largest absolute Gasteiger partial charge is 0.455 e. The molecule has 0 aliphatic heterocycles. The van der Waals surface area contributed by atoms with Crippen molar-refractivity contribution in [3.05, 3.63) is 364 Å². The van der Waals surface area contributed by atoms with E-state index in [1.807, 2.05) is 23.5 Å². The van der Waals surface area contributed by atoms with Crippen molar-refractivity contribution in [3.8, 4) is 67.3 Å². The van der Waals surface area contributed by atoms with Crippen LogP contribution in [-0.4, -0.2) is 18.3 Å². The summed E-state index contributed by atoms with van der Waals surface area (Å²) in [6, 6.07) is 132. The number of hydrogen-bond donors (Lipinski definition) is 0. The molecule has 0 radical (unpaired) electrons. The molecule has 0 aliphatic rings. The molecule has 0 fully saturated rings. The van der Waals surface area contributed by atoms with Crippen LogP contribution in [0, 0.1) is 0 Å². The first-order valence-electron chi connectivity index (χ1n) is 34.9. The van der Waals surface area contributed by atoms with E-state index in [0.717, 1.165) is 55.8 Å². The van der Waals surface area contributed by atoms with Crippen LogP contribution in [0.25, 0.3) is 197 Å². The number of furan rings is 1. The summed E-state index contributed by atoms with van der Waals surface area (Å²) in [5.41, 5.74) is 25.6. The lowest BCUT2D eigenvalue weighted by Crippen LogP contribution is -1.97. The maximum absolute atomic E-state index is 6.43. The first kappa shape index (κ1) is 57.8. The lowest BCUT2D eigenvalue weighted by atomic mass is 9.95. The Labute approximate surface area is 590 Å². The highest BCUT2D eigenvalue weighted by atomic mass is 32.1. The molecule has 0 unspecified atom stereocenters. The predicted octanol–water partition coefficient (Wildman–Crippen LogP) is 26.7. The maximum atomic E-state index is 6.43. The normalized spacial score (nSPS) is 11.9. The Balaban J connectivity index is 0.000000133. The van der Waals surface area contributed by atoms with Crippen LogP contribution in [0.3, 0.4) is 0 Å². The molecule has 6 heteroatoms. The minimum atomic E-state index is 0.913. The van der Waals surface area contributed by atoms with Gasteiger partial charge in [0.1, 0.15) is 11.2 Å². The quantitative estimate of drug-likeness (QED) is 0.149. The van der Waals surface area contributed by atoms with Crippen LogP contribution in [0.2, 0.25) is 0 Å². The van der Waals surface area contributed by atoms with Gasteiger partial charge < -0.3 is 22.7 Å². The van der Waals surface area contributed by atoms with Gasteiger partial charge in [-0.1, -0.05) is 267 Å².